The number of hydrogen-bond donors (Lipinski definition) is 0. The van der Waals surface area contributed by atoms with Crippen molar-refractivity contribution in [2.75, 3.05) is 0 Å². The molecule has 3 heteroatoms. The predicted octanol–water partition coefficient (Wildman–Crippen LogP) is 7.33. The van der Waals surface area contributed by atoms with Gasteiger partial charge in [0.05, 0.1) is 0 Å². The lowest BCUT2D eigenvalue weighted by Gasteiger charge is -2.18. The lowest BCUT2D eigenvalue weighted by atomic mass is 9.86. The quantitative estimate of drug-likeness (QED) is 0.283. The third-order valence-corrected chi connectivity index (χ3v) is 5.66. The van der Waals surface area contributed by atoms with Crippen molar-refractivity contribution in [3.63, 3.8) is 0 Å². The van der Waals surface area contributed by atoms with Crippen LogP contribution in [-0.4, -0.2) is 4.98 Å². The molecular weight excluding hydrogens is 346 g/mol. The van der Waals surface area contributed by atoms with Gasteiger partial charge in [-0.15, -0.1) is 0 Å². The van der Waals surface area contributed by atoms with Crippen LogP contribution >= 0.6 is 0 Å². The number of furan rings is 2. The van der Waals surface area contributed by atoms with E-state index in [2.05, 4.69) is 63.2 Å². The third-order valence-electron chi connectivity index (χ3n) is 5.66. The molecule has 0 aliphatic heterocycles. The molecule has 0 atom stereocenters. The molecule has 0 fully saturated rings. The first kappa shape index (κ1) is 15.7. The minimum Gasteiger partial charge on any atom is -0.438 e. The molecule has 0 saturated carbocycles. The summed E-state index contributed by atoms with van der Waals surface area (Å²) in [7, 11) is 0. The Labute approximate surface area is 161 Å². The molecule has 0 spiro atoms. The molecule has 3 aromatic carbocycles. The van der Waals surface area contributed by atoms with E-state index in [1.165, 1.54) is 5.56 Å². The van der Waals surface area contributed by atoms with Crippen LogP contribution < -0.4 is 0 Å². The van der Waals surface area contributed by atoms with E-state index < -0.39 is 0 Å². The number of hydrogen-bond acceptors (Lipinski definition) is 3. The molecule has 28 heavy (non-hydrogen) atoms. The summed E-state index contributed by atoms with van der Waals surface area (Å²) in [6, 6.07) is 21.1. The zero-order chi connectivity index (χ0) is 19.0. The molecule has 3 heterocycles. The van der Waals surface area contributed by atoms with Crippen molar-refractivity contribution in [2.45, 2.75) is 26.2 Å². The van der Waals surface area contributed by atoms with Crippen molar-refractivity contribution >= 4 is 54.9 Å². The first-order valence-electron chi connectivity index (χ1n) is 9.57. The van der Waals surface area contributed by atoms with E-state index in [0.717, 1.165) is 43.5 Å². The standard InChI is InChI=1S/C25H19NO2/c1-25(2,3)15-9-11-21-18(12-15)20-13-19-17-10-8-14-6-4-5-7-16(14)22(17)28-24(19)26-23(20)27-21/h4-13H,1-3H3. The number of pyridine rings is 1. The summed E-state index contributed by atoms with van der Waals surface area (Å²) >= 11 is 0. The van der Waals surface area contributed by atoms with Crippen LogP contribution in [0.2, 0.25) is 0 Å². The molecular formula is C25H19NO2. The monoisotopic (exact) mass is 365 g/mol. The zero-order valence-electron chi connectivity index (χ0n) is 16.0. The van der Waals surface area contributed by atoms with E-state index in [-0.39, 0.29) is 5.41 Å². The topological polar surface area (TPSA) is 39.2 Å². The highest BCUT2D eigenvalue weighted by atomic mass is 16.4. The Morgan fingerprint density at radius 2 is 1.46 bits per heavy atom. The van der Waals surface area contributed by atoms with Gasteiger partial charge in [-0.1, -0.05) is 57.2 Å². The van der Waals surface area contributed by atoms with Crippen LogP contribution in [0.25, 0.3) is 54.9 Å². The van der Waals surface area contributed by atoms with Gasteiger partial charge in [-0.3, -0.25) is 0 Å². The number of fused-ring (bicyclic) bond motifs is 8. The van der Waals surface area contributed by atoms with Crippen molar-refractivity contribution < 1.29 is 8.83 Å². The van der Waals surface area contributed by atoms with E-state index in [9.17, 15) is 0 Å². The molecule has 3 nitrogen and oxygen atoms in total. The van der Waals surface area contributed by atoms with E-state index >= 15 is 0 Å². The van der Waals surface area contributed by atoms with Crippen molar-refractivity contribution in [3.05, 3.63) is 66.2 Å². The fourth-order valence-corrected chi connectivity index (χ4v) is 4.08. The molecule has 0 N–H and O–H groups in total. The second kappa shape index (κ2) is 5.14. The van der Waals surface area contributed by atoms with Crippen LogP contribution in [0, 0.1) is 0 Å². The Morgan fingerprint density at radius 1 is 0.679 bits per heavy atom. The van der Waals surface area contributed by atoms with Crippen molar-refractivity contribution in [3.8, 4) is 0 Å². The maximum Gasteiger partial charge on any atom is 0.230 e. The molecule has 0 saturated heterocycles. The average Bonchev–Trinajstić information content (AvgIpc) is 3.22. The number of rotatable bonds is 0. The summed E-state index contributed by atoms with van der Waals surface area (Å²) < 4.78 is 12.2. The van der Waals surface area contributed by atoms with Gasteiger partial charge in [0.1, 0.15) is 11.2 Å². The van der Waals surface area contributed by atoms with Crippen LogP contribution in [0.15, 0.2) is 69.5 Å². The predicted molar refractivity (Wildman–Crippen MR) is 115 cm³/mol. The van der Waals surface area contributed by atoms with Gasteiger partial charge in [-0.05, 0) is 40.6 Å². The molecule has 6 aromatic rings. The summed E-state index contributed by atoms with van der Waals surface area (Å²) in [5.74, 6) is 0. The van der Waals surface area contributed by atoms with Gasteiger partial charge in [0.2, 0.25) is 11.4 Å². The normalized spacial score (nSPS) is 12.8. The zero-order valence-corrected chi connectivity index (χ0v) is 16.0. The Morgan fingerprint density at radius 3 is 2.32 bits per heavy atom. The van der Waals surface area contributed by atoms with E-state index in [0.29, 0.717) is 11.4 Å². The van der Waals surface area contributed by atoms with Crippen LogP contribution in [0.3, 0.4) is 0 Å². The Hall–Kier alpha value is -3.33. The highest BCUT2D eigenvalue weighted by Gasteiger charge is 2.19. The van der Waals surface area contributed by atoms with E-state index in [1.54, 1.807) is 0 Å². The molecule has 6 rings (SSSR count). The highest BCUT2D eigenvalue weighted by Crippen LogP contribution is 2.38. The Bertz CT molecular complexity index is 1540. The van der Waals surface area contributed by atoms with Gasteiger partial charge < -0.3 is 8.83 Å². The second-order valence-electron chi connectivity index (χ2n) is 8.52. The number of aromatic nitrogens is 1. The minimum absolute atomic E-state index is 0.0799. The molecule has 0 unspecified atom stereocenters. The SMILES string of the molecule is CC(C)(C)c1ccc2oc3nc4oc5c6ccccc6ccc5c4cc3c2c1. The van der Waals surface area contributed by atoms with Gasteiger partial charge >= 0.3 is 0 Å². The Kier molecular flexibility index (Phi) is 2.88. The van der Waals surface area contributed by atoms with Crippen molar-refractivity contribution in [1.29, 1.82) is 0 Å². The minimum atomic E-state index is 0.0799. The maximum atomic E-state index is 6.18. The smallest absolute Gasteiger partial charge is 0.230 e. The first-order chi connectivity index (χ1) is 13.5. The average molecular weight is 365 g/mol. The summed E-state index contributed by atoms with van der Waals surface area (Å²) in [4.78, 5) is 4.72. The molecule has 0 amide bonds. The van der Waals surface area contributed by atoms with E-state index in [4.69, 9.17) is 13.8 Å². The first-order valence-corrected chi connectivity index (χ1v) is 9.57. The van der Waals surface area contributed by atoms with Crippen LogP contribution in [0.1, 0.15) is 26.3 Å². The maximum absolute atomic E-state index is 6.18. The molecule has 0 aliphatic carbocycles. The van der Waals surface area contributed by atoms with Crippen LogP contribution in [0.5, 0.6) is 0 Å². The fraction of sp³-hybridized carbons (Fsp3) is 0.160. The van der Waals surface area contributed by atoms with Crippen LogP contribution in [-0.2, 0) is 5.41 Å². The van der Waals surface area contributed by atoms with Crippen molar-refractivity contribution in [1.82, 2.24) is 4.98 Å². The molecule has 136 valence electrons. The summed E-state index contributed by atoms with van der Waals surface area (Å²) in [6.07, 6.45) is 0. The summed E-state index contributed by atoms with van der Waals surface area (Å²) in [6.45, 7) is 6.67. The van der Waals surface area contributed by atoms with Gasteiger partial charge in [-0.25, -0.2) is 0 Å². The number of nitrogens with zero attached hydrogens (tertiary/aromatic N) is 1. The van der Waals surface area contributed by atoms with Gasteiger partial charge in [0.15, 0.2) is 0 Å². The molecule has 3 aromatic heterocycles. The van der Waals surface area contributed by atoms with E-state index in [1.807, 2.05) is 18.2 Å². The Balaban J connectivity index is 1.73. The molecule has 0 bridgehead atoms. The lowest BCUT2D eigenvalue weighted by molar-refractivity contribution is 0.590. The van der Waals surface area contributed by atoms with Gasteiger partial charge in [0.25, 0.3) is 0 Å². The van der Waals surface area contributed by atoms with Crippen molar-refractivity contribution in [2.24, 2.45) is 0 Å². The fourth-order valence-electron chi connectivity index (χ4n) is 4.08. The van der Waals surface area contributed by atoms with Crippen LogP contribution in [0.4, 0.5) is 0 Å². The third kappa shape index (κ3) is 2.07. The summed E-state index contributed by atoms with van der Waals surface area (Å²) in [5, 5.41) is 6.52. The molecule has 0 radical (unpaired) electrons. The van der Waals surface area contributed by atoms with Gasteiger partial charge in [0, 0.05) is 26.9 Å². The highest BCUT2D eigenvalue weighted by molar-refractivity contribution is 6.17. The second-order valence-corrected chi connectivity index (χ2v) is 8.52. The molecule has 0 aliphatic rings. The summed E-state index contributed by atoms with van der Waals surface area (Å²) in [5.41, 5.74) is 4.35. The largest absolute Gasteiger partial charge is 0.438 e. The number of benzene rings is 3. The lowest BCUT2D eigenvalue weighted by Crippen LogP contribution is -2.10. The van der Waals surface area contributed by atoms with Gasteiger partial charge in [-0.2, -0.15) is 4.98 Å².